The van der Waals surface area contributed by atoms with E-state index in [-0.39, 0.29) is 0 Å². The number of carbonyl (C=O) groups excluding carboxylic acids is 1. The predicted octanol–water partition coefficient (Wildman–Crippen LogP) is 2.91. The molecule has 0 unspecified atom stereocenters. The molecule has 0 aliphatic rings. The Balaban J connectivity index is 3.49. The van der Waals surface area contributed by atoms with Crippen LogP contribution in [0.1, 0.15) is 59.3 Å². The van der Waals surface area contributed by atoms with Crippen LogP contribution in [0.25, 0.3) is 0 Å². The highest BCUT2D eigenvalue weighted by Crippen LogP contribution is 2.07. The van der Waals surface area contributed by atoms with E-state index in [0.29, 0.717) is 18.9 Å². The summed E-state index contributed by atoms with van der Waals surface area (Å²) >= 11 is 0. The van der Waals surface area contributed by atoms with Crippen LogP contribution in [0.15, 0.2) is 0 Å². The van der Waals surface area contributed by atoms with Crippen molar-refractivity contribution >= 4 is 5.97 Å². The molecule has 16 heavy (non-hydrogen) atoms. The fourth-order valence-electron chi connectivity index (χ4n) is 1.37. The third-order valence-electron chi connectivity index (χ3n) is 2.54. The molecule has 0 amide bonds. The average Bonchev–Trinajstić information content (AvgIpc) is 2.23. The molecule has 0 saturated carbocycles. The second kappa shape index (κ2) is 9.64. The molecule has 3 heteroatoms. The van der Waals surface area contributed by atoms with E-state index < -0.39 is 12.1 Å². The molecule has 0 saturated heterocycles. The van der Waals surface area contributed by atoms with Crippen molar-refractivity contribution in [1.82, 2.24) is 0 Å². The minimum absolute atomic E-state index is 0.419. The number of hydrogen-bond acceptors (Lipinski definition) is 3. The largest absolute Gasteiger partial charge is 0.464 e. The van der Waals surface area contributed by atoms with E-state index in [4.69, 9.17) is 4.74 Å². The fraction of sp³-hybridized carbons (Fsp3) is 0.923. The zero-order chi connectivity index (χ0) is 12.4. The van der Waals surface area contributed by atoms with Gasteiger partial charge < -0.3 is 9.84 Å². The molecule has 1 atom stereocenters. The Morgan fingerprint density at radius 1 is 1.19 bits per heavy atom. The number of aliphatic hydroxyl groups is 1. The Bertz CT molecular complexity index is 178. The minimum atomic E-state index is -0.927. The Morgan fingerprint density at radius 3 is 2.44 bits per heavy atom. The zero-order valence-electron chi connectivity index (χ0n) is 10.9. The summed E-state index contributed by atoms with van der Waals surface area (Å²) in [5.74, 6) is 0.0617. The van der Waals surface area contributed by atoms with Gasteiger partial charge >= 0.3 is 5.97 Å². The highest BCUT2D eigenvalue weighted by molar-refractivity contribution is 5.74. The topological polar surface area (TPSA) is 46.5 Å². The molecule has 1 N–H and O–H groups in total. The van der Waals surface area contributed by atoms with Crippen LogP contribution in [0, 0.1) is 5.92 Å². The zero-order valence-corrected chi connectivity index (χ0v) is 10.9. The van der Waals surface area contributed by atoms with E-state index >= 15 is 0 Å². The van der Waals surface area contributed by atoms with Crippen LogP contribution < -0.4 is 0 Å². The van der Waals surface area contributed by atoms with Gasteiger partial charge in [0.15, 0.2) is 6.10 Å². The fourth-order valence-corrected chi connectivity index (χ4v) is 1.37. The lowest BCUT2D eigenvalue weighted by molar-refractivity contribution is -0.154. The number of ether oxygens (including phenoxy) is 1. The minimum Gasteiger partial charge on any atom is -0.464 e. The van der Waals surface area contributed by atoms with Gasteiger partial charge in [-0.1, -0.05) is 46.5 Å². The standard InChI is InChI=1S/C13H26O3/c1-4-5-6-7-8-12(14)13(15)16-10-9-11(2)3/h11-12,14H,4-10H2,1-3H3/t12-/m1/s1. The van der Waals surface area contributed by atoms with Crippen LogP contribution in [-0.4, -0.2) is 23.8 Å². The molecule has 0 spiro atoms. The number of rotatable bonds is 9. The first-order chi connectivity index (χ1) is 7.57. The van der Waals surface area contributed by atoms with Crippen molar-refractivity contribution in [3.05, 3.63) is 0 Å². The first-order valence-corrected chi connectivity index (χ1v) is 6.42. The molecule has 0 rings (SSSR count). The van der Waals surface area contributed by atoms with E-state index in [1.54, 1.807) is 0 Å². The lowest BCUT2D eigenvalue weighted by Crippen LogP contribution is -2.23. The Morgan fingerprint density at radius 2 is 1.88 bits per heavy atom. The molecule has 0 bridgehead atoms. The number of aliphatic hydroxyl groups excluding tert-OH is 1. The molecule has 0 aromatic carbocycles. The molecule has 0 heterocycles. The summed E-state index contributed by atoms with van der Waals surface area (Å²) in [6, 6.07) is 0. The van der Waals surface area contributed by atoms with Crippen molar-refractivity contribution in [2.75, 3.05) is 6.61 Å². The van der Waals surface area contributed by atoms with E-state index in [1.807, 2.05) is 0 Å². The quantitative estimate of drug-likeness (QED) is 0.489. The van der Waals surface area contributed by atoms with Gasteiger partial charge in [-0.05, 0) is 18.8 Å². The van der Waals surface area contributed by atoms with Gasteiger partial charge in [0.05, 0.1) is 6.61 Å². The van der Waals surface area contributed by atoms with Crippen molar-refractivity contribution in [3.8, 4) is 0 Å². The third kappa shape index (κ3) is 8.72. The highest BCUT2D eigenvalue weighted by Gasteiger charge is 2.15. The van der Waals surface area contributed by atoms with Crippen LogP contribution >= 0.6 is 0 Å². The van der Waals surface area contributed by atoms with E-state index in [1.165, 1.54) is 0 Å². The summed E-state index contributed by atoms with van der Waals surface area (Å²) in [4.78, 5) is 11.3. The van der Waals surface area contributed by atoms with Crippen molar-refractivity contribution in [2.24, 2.45) is 5.92 Å². The number of hydrogen-bond donors (Lipinski definition) is 1. The van der Waals surface area contributed by atoms with Crippen molar-refractivity contribution < 1.29 is 14.6 Å². The summed E-state index contributed by atoms with van der Waals surface area (Å²) in [6.45, 7) is 6.71. The molecule has 0 aliphatic heterocycles. The van der Waals surface area contributed by atoms with E-state index in [9.17, 15) is 9.90 Å². The highest BCUT2D eigenvalue weighted by atomic mass is 16.5. The van der Waals surface area contributed by atoms with Gasteiger partial charge in [0, 0.05) is 0 Å². The molecule has 0 radical (unpaired) electrons. The Hall–Kier alpha value is -0.570. The summed E-state index contributed by atoms with van der Waals surface area (Å²) in [5.41, 5.74) is 0. The summed E-state index contributed by atoms with van der Waals surface area (Å²) in [6.07, 6.45) is 4.75. The molecular weight excluding hydrogens is 204 g/mol. The normalized spacial score (nSPS) is 12.8. The van der Waals surface area contributed by atoms with Crippen LogP contribution in [0.4, 0.5) is 0 Å². The number of esters is 1. The van der Waals surface area contributed by atoms with Crippen LogP contribution in [0.2, 0.25) is 0 Å². The van der Waals surface area contributed by atoms with Gasteiger partial charge in [-0.3, -0.25) is 0 Å². The van der Waals surface area contributed by atoms with Gasteiger partial charge in [-0.25, -0.2) is 4.79 Å². The van der Waals surface area contributed by atoms with Crippen molar-refractivity contribution in [1.29, 1.82) is 0 Å². The molecule has 0 aromatic rings. The lowest BCUT2D eigenvalue weighted by atomic mass is 10.1. The van der Waals surface area contributed by atoms with Gasteiger partial charge in [0.2, 0.25) is 0 Å². The smallest absolute Gasteiger partial charge is 0.334 e. The molecule has 0 aliphatic carbocycles. The monoisotopic (exact) mass is 230 g/mol. The third-order valence-corrected chi connectivity index (χ3v) is 2.54. The molecule has 0 aromatic heterocycles. The SMILES string of the molecule is CCCCCC[C@@H](O)C(=O)OCCC(C)C. The molecule has 96 valence electrons. The van der Waals surface area contributed by atoms with Crippen LogP contribution in [0.3, 0.4) is 0 Å². The van der Waals surface area contributed by atoms with E-state index in [0.717, 1.165) is 32.1 Å². The van der Waals surface area contributed by atoms with Gasteiger partial charge in [-0.2, -0.15) is 0 Å². The summed E-state index contributed by atoms with van der Waals surface area (Å²) in [7, 11) is 0. The Kier molecular flexibility index (Phi) is 9.30. The average molecular weight is 230 g/mol. The first-order valence-electron chi connectivity index (χ1n) is 6.42. The van der Waals surface area contributed by atoms with Crippen LogP contribution in [-0.2, 0) is 9.53 Å². The second-order valence-corrected chi connectivity index (χ2v) is 4.72. The first kappa shape index (κ1) is 15.4. The molecule has 3 nitrogen and oxygen atoms in total. The van der Waals surface area contributed by atoms with Gasteiger partial charge in [0.1, 0.15) is 0 Å². The number of unbranched alkanes of at least 4 members (excludes halogenated alkanes) is 3. The maximum absolute atomic E-state index is 11.3. The predicted molar refractivity (Wildman–Crippen MR) is 65.2 cm³/mol. The number of carbonyl (C=O) groups is 1. The maximum atomic E-state index is 11.3. The summed E-state index contributed by atoms with van der Waals surface area (Å²) < 4.78 is 4.98. The Labute approximate surface area is 99.2 Å². The van der Waals surface area contributed by atoms with Crippen molar-refractivity contribution in [3.63, 3.8) is 0 Å². The lowest BCUT2D eigenvalue weighted by Gasteiger charge is -2.11. The summed E-state index contributed by atoms with van der Waals surface area (Å²) in [5, 5.41) is 9.51. The van der Waals surface area contributed by atoms with Gasteiger partial charge in [-0.15, -0.1) is 0 Å². The maximum Gasteiger partial charge on any atom is 0.334 e. The van der Waals surface area contributed by atoms with Gasteiger partial charge in [0.25, 0.3) is 0 Å². The second-order valence-electron chi connectivity index (χ2n) is 4.72. The molecule has 0 fully saturated rings. The van der Waals surface area contributed by atoms with E-state index in [2.05, 4.69) is 20.8 Å². The molecular formula is C13H26O3. The van der Waals surface area contributed by atoms with Crippen molar-refractivity contribution in [2.45, 2.75) is 65.4 Å². The van der Waals surface area contributed by atoms with Crippen LogP contribution in [0.5, 0.6) is 0 Å².